The van der Waals surface area contributed by atoms with E-state index >= 15 is 0 Å². The monoisotopic (exact) mass is 424 g/mol. The Kier molecular flexibility index (Phi) is 7.55. The van der Waals surface area contributed by atoms with Gasteiger partial charge >= 0.3 is 0 Å². The number of hydrogen-bond acceptors (Lipinski definition) is 4. The summed E-state index contributed by atoms with van der Waals surface area (Å²) < 4.78 is 10.8. The van der Waals surface area contributed by atoms with Gasteiger partial charge in [-0.1, -0.05) is 42.8 Å². The quantitative estimate of drug-likeness (QED) is 0.661. The minimum atomic E-state index is -0.556. The number of benzene rings is 2. The molecule has 6 heteroatoms. The first kappa shape index (κ1) is 22.7. The standard InChI is InChI=1S/C25H32N2O4/c1-5-18(3)26-25(29)19(4)27(15-21-8-6-17(2)7-9-21)24(28)13-11-20-10-12-22-23(14-20)31-16-30-22/h6-10,12,14,18-19H,5,11,13,15-16H2,1-4H3,(H,26,29). The van der Waals surface area contributed by atoms with Crippen molar-refractivity contribution in [2.75, 3.05) is 6.79 Å². The normalized spacial score (nSPS) is 14.1. The topological polar surface area (TPSA) is 67.9 Å². The van der Waals surface area contributed by atoms with Crippen LogP contribution in [0.1, 0.15) is 50.3 Å². The minimum Gasteiger partial charge on any atom is -0.454 e. The third-order valence-corrected chi connectivity index (χ3v) is 5.71. The number of hydrogen-bond donors (Lipinski definition) is 1. The van der Waals surface area contributed by atoms with Crippen LogP contribution in [0.15, 0.2) is 42.5 Å². The molecule has 0 radical (unpaired) electrons. The van der Waals surface area contributed by atoms with E-state index in [0.29, 0.717) is 25.1 Å². The van der Waals surface area contributed by atoms with Gasteiger partial charge in [0.2, 0.25) is 18.6 Å². The zero-order chi connectivity index (χ0) is 22.4. The molecular formula is C25H32N2O4. The first-order valence-electron chi connectivity index (χ1n) is 10.9. The maximum absolute atomic E-state index is 13.2. The highest BCUT2D eigenvalue weighted by atomic mass is 16.7. The molecule has 31 heavy (non-hydrogen) atoms. The molecule has 0 saturated carbocycles. The summed E-state index contributed by atoms with van der Waals surface area (Å²) in [6.45, 7) is 8.44. The molecule has 0 aliphatic carbocycles. The summed E-state index contributed by atoms with van der Waals surface area (Å²) >= 11 is 0. The Morgan fingerprint density at radius 1 is 1.03 bits per heavy atom. The Morgan fingerprint density at radius 3 is 2.42 bits per heavy atom. The first-order chi connectivity index (χ1) is 14.9. The van der Waals surface area contributed by atoms with Gasteiger partial charge in [0, 0.05) is 19.0 Å². The average molecular weight is 425 g/mol. The van der Waals surface area contributed by atoms with Crippen LogP contribution in [0.4, 0.5) is 0 Å². The smallest absolute Gasteiger partial charge is 0.242 e. The molecule has 0 aromatic heterocycles. The van der Waals surface area contributed by atoms with Gasteiger partial charge in [-0.05, 0) is 56.9 Å². The van der Waals surface area contributed by atoms with Gasteiger partial charge in [0.1, 0.15) is 6.04 Å². The van der Waals surface area contributed by atoms with Crippen molar-refractivity contribution in [3.05, 3.63) is 59.2 Å². The molecule has 1 N–H and O–H groups in total. The van der Waals surface area contributed by atoms with Gasteiger partial charge in [-0.25, -0.2) is 0 Å². The van der Waals surface area contributed by atoms with Crippen LogP contribution >= 0.6 is 0 Å². The Hall–Kier alpha value is -3.02. The van der Waals surface area contributed by atoms with Crippen molar-refractivity contribution in [1.29, 1.82) is 0 Å². The molecule has 3 rings (SSSR count). The minimum absolute atomic E-state index is 0.0509. The van der Waals surface area contributed by atoms with E-state index in [0.717, 1.165) is 28.9 Å². The van der Waals surface area contributed by atoms with Gasteiger partial charge in [0.15, 0.2) is 11.5 Å². The zero-order valence-corrected chi connectivity index (χ0v) is 18.8. The third kappa shape index (κ3) is 6.00. The van der Waals surface area contributed by atoms with Crippen molar-refractivity contribution < 1.29 is 19.1 Å². The molecule has 2 unspecified atom stereocenters. The Morgan fingerprint density at radius 2 is 1.71 bits per heavy atom. The van der Waals surface area contributed by atoms with Crippen LogP contribution in [0.3, 0.4) is 0 Å². The highest BCUT2D eigenvalue weighted by Crippen LogP contribution is 2.32. The van der Waals surface area contributed by atoms with Crippen LogP contribution in [-0.4, -0.2) is 35.6 Å². The van der Waals surface area contributed by atoms with Crippen molar-refractivity contribution in [3.8, 4) is 11.5 Å². The maximum Gasteiger partial charge on any atom is 0.242 e. The van der Waals surface area contributed by atoms with Crippen LogP contribution in [-0.2, 0) is 22.6 Å². The number of amides is 2. The highest BCUT2D eigenvalue weighted by Gasteiger charge is 2.26. The lowest BCUT2D eigenvalue weighted by Gasteiger charge is -2.30. The van der Waals surface area contributed by atoms with Gasteiger partial charge < -0.3 is 19.7 Å². The maximum atomic E-state index is 13.2. The summed E-state index contributed by atoms with van der Waals surface area (Å²) in [6.07, 6.45) is 1.72. The summed E-state index contributed by atoms with van der Waals surface area (Å²) in [4.78, 5) is 27.7. The number of nitrogens with one attached hydrogen (secondary N) is 1. The average Bonchev–Trinajstić information content (AvgIpc) is 3.24. The number of carbonyl (C=O) groups is 2. The summed E-state index contributed by atoms with van der Waals surface area (Å²) in [5.41, 5.74) is 3.17. The molecule has 166 valence electrons. The summed E-state index contributed by atoms with van der Waals surface area (Å²) in [5.74, 6) is 1.26. The van der Waals surface area contributed by atoms with Gasteiger partial charge in [0.05, 0.1) is 0 Å². The largest absolute Gasteiger partial charge is 0.454 e. The Balaban J connectivity index is 1.71. The van der Waals surface area contributed by atoms with Crippen molar-refractivity contribution in [1.82, 2.24) is 10.2 Å². The van der Waals surface area contributed by atoms with E-state index in [4.69, 9.17) is 9.47 Å². The van der Waals surface area contributed by atoms with Crippen molar-refractivity contribution in [2.24, 2.45) is 0 Å². The molecule has 6 nitrogen and oxygen atoms in total. The van der Waals surface area contributed by atoms with Gasteiger partial charge in [-0.2, -0.15) is 0 Å². The highest BCUT2D eigenvalue weighted by molar-refractivity contribution is 5.87. The van der Waals surface area contributed by atoms with Gasteiger partial charge in [-0.15, -0.1) is 0 Å². The number of carbonyl (C=O) groups excluding carboxylic acids is 2. The predicted molar refractivity (Wildman–Crippen MR) is 120 cm³/mol. The molecule has 1 aliphatic rings. The van der Waals surface area contributed by atoms with Gasteiger partial charge in [-0.3, -0.25) is 9.59 Å². The van der Waals surface area contributed by atoms with Crippen molar-refractivity contribution in [2.45, 2.75) is 65.6 Å². The van der Waals surface area contributed by atoms with E-state index < -0.39 is 6.04 Å². The van der Waals surface area contributed by atoms with E-state index in [2.05, 4.69) is 5.32 Å². The Bertz CT molecular complexity index is 910. The lowest BCUT2D eigenvalue weighted by atomic mass is 10.1. The first-order valence-corrected chi connectivity index (χ1v) is 10.9. The van der Waals surface area contributed by atoms with E-state index in [-0.39, 0.29) is 24.6 Å². The molecule has 0 saturated heterocycles. The fourth-order valence-electron chi connectivity index (χ4n) is 3.43. The van der Waals surface area contributed by atoms with Gasteiger partial charge in [0.25, 0.3) is 0 Å². The second-order valence-electron chi connectivity index (χ2n) is 8.19. The Labute approximate surface area is 184 Å². The molecule has 0 fully saturated rings. The van der Waals surface area contributed by atoms with E-state index in [1.807, 2.05) is 63.2 Å². The number of ether oxygens (including phenoxy) is 2. The van der Waals surface area contributed by atoms with E-state index in [1.54, 1.807) is 11.8 Å². The van der Waals surface area contributed by atoms with E-state index in [1.165, 1.54) is 0 Å². The molecule has 2 aromatic carbocycles. The molecular weight excluding hydrogens is 392 g/mol. The molecule has 1 aliphatic heterocycles. The lowest BCUT2D eigenvalue weighted by molar-refractivity contribution is -0.140. The fourth-order valence-corrected chi connectivity index (χ4v) is 3.43. The number of rotatable bonds is 9. The van der Waals surface area contributed by atoms with Crippen LogP contribution in [0, 0.1) is 6.92 Å². The van der Waals surface area contributed by atoms with Crippen molar-refractivity contribution >= 4 is 11.8 Å². The fraction of sp³-hybridized carbons (Fsp3) is 0.440. The van der Waals surface area contributed by atoms with Crippen LogP contribution < -0.4 is 14.8 Å². The molecule has 2 atom stereocenters. The second-order valence-corrected chi connectivity index (χ2v) is 8.19. The number of aryl methyl sites for hydroxylation is 2. The second kappa shape index (κ2) is 10.3. The van der Waals surface area contributed by atoms with E-state index in [9.17, 15) is 9.59 Å². The zero-order valence-electron chi connectivity index (χ0n) is 18.8. The van der Waals surface area contributed by atoms with Crippen LogP contribution in [0.5, 0.6) is 11.5 Å². The molecule has 0 bridgehead atoms. The van der Waals surface area contributed by atoms with Crippen molar-refractivity contribution in [3.63, 3.8) is 0 Å². The molecule has 0 spiro atoms. The van der Waals surface area contributed by atoms with Crippen LogP contribution in [0.2, 0.25) is 0 Å². The summed E-state index contributed by atoms with van der Waals surface area (Å²) in [7, 11) is 0. The molecule has 1 heterocycles. The summed E-state index contributed by atoms with van der Waals surface area (Å²) in [5, 5.41) is 3.00. The lowest BCUT2D eigenvalue weighted by Crippen LogP contribution is -2.49. The molecule has 2 amide bonds. The predicted octanol–water partition coefficient (Wildman–Crippen LogP) is 3.99. The number of nitrogens with zero attached hydrogens (tertiary/aromatic N) is 1. The number of fused-ring (bicyclic) bond motifs is 1. The third-order valence-electron chi connectivity index (χ3n) is 5.71. The SMILES string of the molecule is CCC(C)NC(=O)C(C)N(Cc1ccc(C)cc1)C(=O)CCc1ccc2c(c1)OCO2. The molecule has 2 aromatic rings. The summed E-state index contributed by atoms with van der Waals surface area (Å²) in [6, 6.07) is 13.3. The van der Waals surface area contributed by atoms with Crippen LogP contribution in [0.25, 0.3) is 0 Å².